The Labute approximate surface area is 161 Å². The highest BCUT2D eigenvalue weighted by Crippen LogP contribution is 2.13. The monoisotopic (exact) mass is 367 g/mol. The van der Waals surface area contributed by atoms with Gasteiger partial charge >= 0.3 is 5.97 Å². The lowest BCUT2D eigenvalue weighted by Crippen LogP contribution is -2.22. The van der Waals surface area contributed by atoms with Crippen LogP contribution in [0.2, 0.25) is 0 Å². The number of ether oxygens (including phenoxy) is 1. The van der Waals surface area contributed by atoms with E-state index in [4.69, 9.17) is 4.74 Å². The molecule has 0 aliphatic carbocycles. The second kappa shape index (κ2) is 18.5. The molecule has 0 heterocycles. The highest BCUT2D eigenvalue weighted by atomic mass is 16.5. The first-order chi connectivity index (χ1) is 12.6. The zero-order valence-corrected chi connectivity index (χ0v) is 17.4. The third-order valence-corrected chi connectivity index (χ3v) is 4.70. The summed E-state index contributed by atoms with van der Waals surface area (Å²) >= 11 is 0. The van der Waals surface area contributed by atoms with Gasteiger partial charge in [0, 0.05) is 18.7 Å². The maximum absolute atomic E-state index is 11.7. The minimum atomic E-state index is -0.429. The van der Waals surface area contributed by atoms with E-state index in [0.717, 1.165) is 38.5 Å². The van der Waals surface area contributed by atoms with E-state index in [0.29, 0.717) is 19.1 Å². The Morgan fingerprint density at radius 1 is 0.846 bits per heavy atom. The molecule has 0 aliphatic heterocycles. The highest BCUT2D eigenvalue weighted by Gasteiger charge is 2.08. The fourth-order valence-electron chi connectivity index (χ4n) is 2.82. The molecular weight excluding hydrogens is 326 g/mol. The molecule has 0 spiro atoms. The predicted molar refractivity (Wildman–Crippen MR) is 109 cm³/mol. The van der Waals surface area contributed by atoms with Crippen LogP contribution in [0.25, 0.3) is 0 Å². The van der Waals surface area contributed by atoms with Gasteiger partial charge in [-0.3, -0.25) is 4.79 Å². The van der Waals surface area contributed by atoms with Crippen molar-refractivity contribution in [1.29, 1.82) is 0 Å². The fourth-order valence-corrected chi connectivity index (χ4v) is 2.82. The minimum Gasteiger partial charge on any atom is -0.462 e. The Kier molecular flexibility index (Phi) is 17.5. The number of rotatable bonds is 17. The molecule has 0 bridgehead atoms. The quantitative estimate of drug-likeness (QED) is 0.208. The van der Waals surface area contributed by atoms with Crippen molar-refractivity contribution in [2.24, 2.45) is 5.92 Å². The highest BCUT2D eigenvalue weighted by molar-refractivity contribution is 5.94. The lowest BCUT2D eigenvalue weighted by Gasteiger charge is -2.13. The summed E-state index contributed by atoms with van der Waals surface area (Å²) in [6.07, 6.45) is 16.9. The molecule has 0 aromatic carbocycles. The lowest BCUT2D eigenvalue weighted by molar-refractivity contribution is -0.139. The van der Waals surface area contributed by atoms with Gasteiger partial charge in [-0.05, 0) is 18.8 Å². The molecule has 152 valence electrons. The molecule has 0 rings (SSSR count). The third-order valence-electron chi connectivity index (χ3n) is 4.70. The van der Waals surface area contributed by atoms with E-state index in [1.165, 1.54) is 50.7 Å². The van der Waals surface area contributed by atoms with Gasteiger partial charge in [-0.25, -0.2) is 4.79 Å². The summed E-state index contributed by atoms with van der Waals surface area (Å²) in [6.45, 7) is 7.62. The molecule has 1 atom stereocenters. The molecule has 0 aromatic rings. The van der Waals surface area contributed by atoms with Crippen molar-refractivity contribution in [2.75, 3.05) is 13.2 Å². The van der Waals surface area contributed by atoms with Gasteiger partial charge in [0.2, 0.25) is 5.91 Å². The van der Waals surface area contributed by atoms with E-state index in [2.05, 4.69) is 26.1 Å². The van der Waals surface area contributed by atoms with Gasteiger partial charge in [-0.15, -0.1) is 0 Å². The van der Waals surface area contributed by atoms with Gasteiger partial charge in [0.25, 0.3) is 0 Å². The van der Waals surface area contributed by atoms with E-state index in [1.807, 2.05) is 0 Å². The molecule has 26 heavy (non-hydrogen) atoms. The van der Waals surface area contributed by atoms with Crippen LogP contribution in [0.5, 0.6) is 0 Å². The number of carbonyl (C=O) groups is 2. The van der Waals surface area contributed by atoms with Crippen LogP contribution in [0.1, 0.15) is 97.8 Å². The lowest BCUT2D eigenvalue weighted by atomic mass is 10.0. The average molecular weight is 368 g/mol. The van der Waals surface area contributed by atoms with Crippen LogP contribution in [0.15, 0.2) is 12.2 Å². The smallest absolute Gasteiger partial charge is 0.330 e. The largest absolute Gasteiger partial charge is 0.462 e. The molecule has 1 amide bonds. The zero-order chi connectivity index (χ0) is 19.5. The second-order valence-corrected chi connectivity index (χ2v) is 7.15. The zero-order valence-electron chi connectivity index (χ0n) is 17.4. The summed E-state index contributed by atoms with van der Waals surface area (Å²) in [5.74, 6) is -0.229. The van der Waals surface area contributed by atoms with Gasteiger partial charge < -0.3 is 10.1 Å². The molecule has 1 N–H and O–H groups in total. The number of hydrogen-bond acceptors (Lipinski definition) is 3. The summed E-state index contributed by atoms with van der Waals surface area (Å²) in [4.78, 5) is 23.4. The van der Waals surface area contributed by atoms with Crippen LogP contribution in [-0.2, 0) is 14.3 Å². The maximum Gasteiger partial charge on any atom is 0.330 e. The van der Waals surface area contributed by atoms with Crippen molar-refractivity contribution in [3.63, 3.8) is 0 Å². The first-order valence-electron chi connectivity index (χ1n) is 10.8. The van der Waals surface area contributed by atoms with Crippen LogP contribution in [0.3, 0.4) is 0 Å². The number of esters is 1. The molecule has 4 nitrogen and oxygen atoms in total. The fraction of sp³-hybridized carbons (Fsp3) is 0.818. The number of carbonyl (C=O) groups excluding carboxylic acids is 2. The predicted octanol–water partition coefficient (Wildman–Crippen LogP) is 5.56. The van der Waals surface area contributed by atoms with Crippen molar-refractivity contribution < 1.29 is 14.3 Å². The first-order valence-corrected chi connectivity index (χ1v) is 10.8. The first kappa shape index (κ1) is 24.7. The Hall–Kier alpha value is -1.32. The van der Waals surface area contributed by atoms with E-state index in [9.17, 15) is 9.59 Å². The molecule has 0 fully saturated rings. The summed E-state index contributed by atoms with van der Waals surface area (Å²) < 4.78 is 5.23. The molecule has 0 saturated heterocycles. The van der Waals surface area contributed by atoms with Crippen LogP contribution in [0, 0.1) is 5.92 Å². The molecule has 0 aromatic heterocycles. The van der Waals surface area contributed by atoms with E-state index >= 15 is 0 Å². The number of hydrogen-bond donors (Lipinski definition) is 1. The Bertz CT molecular complexity index is 380. The standard InChI is InChI=1S/C22H41NO3/c1-4-7-9-10-11-12-13-14-18-23-21(24)16-17-22(25)26-19-20(6-3)15-8-5-2/h16-17,20H,4-15,18-19H2,1-3H3,(H,23,24)/b17-16-. The third kappa shape index (κ3) is 16.2. The molecule has 0 radical (unpaired) electrons. The van der Waals surface area contributed by atoms with Crippen LogP contribution in [0.4, 0.5) is 0 Å². The van der Waals surface area contributed by atoms with Crippen LogP contribution >= 0.6 is 0 Å². The molecule has 4 heteroatoms. The van der Waals surface area contributed by atoms with Crippen LogP contribution in [-0.4, -0.2) is 25.0 Å². The van der Waals surface area contributed by atoms with Crippen molar-refractivity contribution in [1.82, 2.24) is 5.32 Å². The van der Waals surface area contributed by atoms with Crippen molar-refractivity contribution in [2.45, 2.75) is 97.8 Å². The van der Waals surface area contributed by atoms with Gasteiger partial charge in [0.1, 0.15) is 0 Å². The molecule has 0 saturated carbocycles. The molecular formula is C22H41NO3. The minimum absolute atomic E-state index is 0.220. The van der Waals surface area contributed by atoms with Gasteiger partial charge in [-0.1, -0.05) is 85.0 Å². The number of unbranched alkanes of at least 4 members (excludes halogenated alkanes) is 8. The molecule has 1 unspecified atom stereocenters. The van der Waals surface area contributed by atoms with Gasteiger partial charge in [-0.2, -0.15) is 0 Å². The Morgan fingerprint density at radius 2 is 1.46 bits per heavy atom. The summed E-state index contributed by atoms with van der Waals surface area (Å²) in [6, 6.07) is 0. The average Bonchev–Trinajstić information content (AvgIpc) is 2.65. The van der Waals surface area contributed by atoms with Crippen molar-refractivity contribution in [3.05, 3.63) is 12.2 Å². The van der Waals surface area contributed by atoms with E-state index in [1.54, 1.807) is 0 Å². The normalized spacial score (nSPS) is 12.3. The summed E-state index contributed by atoms with van der Waals surface area (Å²) in [5, 5.41) is 2.82. The van der Waals surface area contributed by atoms with Gasteiger partial charge in [0.05, 0.1) is 6.61 Å². The maximum atomic E-state index is 11.7. The number of amides is 1. The summed E-state index contributed by atoms with van der Waals surface area (Å²) in [7, 11) is 0. The Balaban J connectivity index is 3.67. The number of nitrogens with one attached hydrogen (secondary N) is 1. The topological polar surface area (TPSA) is 55.4 Å². The van der Waals surface area contributed by atoms with E-state index < -0.39 is 5.97 Å². The van der Waals surface area contributed by atoms with Crippen LogP contribution < -0.4 is 5.32 Å². The Morgan fingerprint density at radius 3 is 2.08 bits per heavy atom. The van der Waals surface area contributed by atoms with Gasteiger partial charge in [0.15, 0.2) is 0 Å². The van der Waals surface area contributed by atoms with E-state index in [-0.39, 0.29) is 5.91 Å². The molecule has 0 aliphatic rings. The van der Waals surface area contributed by atoms with Crippen molar-refractivity contribution in [3.8, 4) is 0 Å². The SMILES string of the molecule is CCCCCCCCCCNC(=O)/C=C\C(=O)OCC(CC)CCCC. The second-order valence-electron chi connectivity index (χ2n) is 7.15. The van der Waals surface area contributed by atoms with Crippen molar-refractivity contribution >= 4 is 11.9 Å². The summed E-state index contributed by atoms with van der Waals surface area (Å²) in [5.41, 5.74) is 0.